The standard InChI is InChI=1S/C24H36N2O6S/c1-17-13-26(18(2)15-27)33(29,30)23-11-10-20(19-8-6-5-7-9-19)12-21(23)32-22(17)14-25(3)24(28)16-31-4/h8,10-12,17-18,22,27H,5-7,9,13-16H2,1-4H3/t17-,18-,22+/m1/s1. The summed E-state index contributed by atoms with van der Waals surface area (Å²) in [6, 6.07) is 4.68. The quantitative estimate of drug-likeness (QED) is 0.644. The highest BCUT2D eigenvalue weighted by molar-refractivity contribution is 7.89. The number of ether oxygens (including phenoxy) is 2. The summed E-state index contributed by atoms with van der Waals surface area (Å²) >= 11 is 0. The number of methoxy groups -OCH3 is 1. The minimum Gasteiger partial charge on any atom is -0.487 e. The smallest absolute Gasteiger partial charge is 0.248 e. The van der Waals surface area contributed by atoms with Gasteiger partial charge in [0.25, 0.3) is 0 Å². The number of nitrogens with zero attached hydrogens (tertiary/aromatic N) is 2. The molecule has 1 heterocycles. The van der Waals surface area contributed by atoms with Gasteiger partial charge in [-0.3, -0.25) is 4.79 Å². The Morgan fingerprint density at radius 1 is 1.36 bits per heavy atom. The molecular formula is C24H36N2O6S. The topological polar surface area (TPSA) is 96.4 Å². The first-order valence-electron chi connectivity index (χ1n) is 11.5. The lowest BCUT2D eigenvalue weighted by molar-refractivity contribution is -0.135. The van der Waals surface area contributed by atoms with Crippen LogP contribution in [-0.4, -0.2) is 81.2 Å². The number of rotatable bonds is 7. The predicted octanol–water partition coefficient (Wildman–Crippen LogP) is 2.52. The van der Waals surface area contributed by atoms with E-state index >= 15 is 0 Å². The summed E-state index contributed by atoms with van der Waals surface area (Å²) in [5, 5.41) is 9.76. The number of likely N-dealkylation sites (N-methyl/N-ethyl adjacent to an activating group) is 1. The number of aliphatic hydroxyl groups excluding tert-OH is 1. The Hall–Kier alpha value is -1.94. The molecule has 3 rings (SSSR count). The van der Waals surface area contributed by atoms with Crippen LogP contribution in [0.25, 0.3) is 5.57 Å². The Labute approximate surface area is 197 Å². The third-order valence-corrected chi connectivity index (χ3v) is 8.50. The van der Waals surface area contributed by atoms with Crippen molar-refractivity contribution in [3.05, 3.63) is 29.8 Å². The molecule has 3 atom stereocenters. The molecule has 0 radical (unpaired) electrons. The molecule has 1 aliphatic heterocycles. The summed E-state index contributed by atoms with van der Waals surface area (Å²) in [6.45, 7) is 3.74. The minimum atomic E-state index is -3.88. The minimum absolute atomic E-state index is 0.0332. The molecule has 0 spiro atoms. The monoisotopic (exact) mass is 480 g/mol. The second-order valence-electron chi connectivity index (χ2n) is 9.08. The van der Waals surface area contributed by atoms with Gasteiger partial charge in [-0.05, 0) is 55.9 Å². The highest BCUT2D eigenvalue weighted by Crippen LogP contribution is 2.37. The molecule has 0 aromatic heterocycles. The summed E-state index contributed by atoms with van der Waals surface area (Å²) in [6.07, 6.45) is 6.01. The Morgan fingerprint density at radius 3 is 2.76 bits per heavy atom. The summed E-state index contributed by atoms with van der Waals surface area (Å²) in [4.78, 5) is 13.9. The number of sulfonamides is 1. The van der Waals surface area contributed by atoms with Crippen molar-refractivity contribution in [2.75, 3.05) is 40.5 Å². The van der Waals surface area contributed by atoms with Crippen LogP contribution in [0, 0.1) is 5.92 Å². The van der Waals surface area contributed by atoms with Crippen molar-refractivity contribution in [1.82, 2.24) is 9.21 Å². The molecule has 2 aliphatic rings. The molecule has 1 aliphatic carbocycles. The van der Waals surface area contributed by atoms with Crippen molar-refractivity contribution in [2.24, 2.45) is 5.92 Å². The predicted molar refractivity (Wildman–Crippen MR) is 126 cm³/mol. The van der Waals surface area contributed by atoms with Crippen LogP contribution < -0.4 is 4.74 Å². The van der Waals surface area contributed by atoms with E-state index in [1.54, 1.807) is 24.9 Å². The number of aliphatic hydroxyl groups is 1. The maximum Gasteiger partial charge on any atom is 0.248 e. The lowest BCUT2D eigenvalue weighted by Crippen LogP contribution is -2.50. The average Bonchev–Trinajstić information content (AvgIpc) is 2.81. The Kier molecular flexibility index (Phi) is 8.55. The molecule has 1 amide bonds. The number of hydrogen-bond donors (Lipinski definition) is 1. The van der Waals surface area contributed by atoms with E-state index in [1.807, 2.05) is 19.1 Å². The number of carbonyl (C=O) groups is 1. The van der Waals surface area contributed by atoms with Gasteiger partial charge in [0, 0.05) is 32.7 Å². The van der Waals surface area contributed by atoms with Gasteiger partial charge in [0.05, 0.1) is 13.2 Å². The van der Waals surface area contributed by atoms with Crippen LogP contribution in [0.15, 0.2) is 29.2 Å². The Bertz CT molecular complexity index is 977. The van der Waals surface area contributed by atoms with Gasteiger partial charge >= 0.3 is 0 Å². The highest BCUT2D eigenvalue weighted by Gasteiger charge is 2.38. The zero-order chi connectivity index (χ0) is 24.2. The summed E-state index contributed by atoms with van der Waals surface area (Å²) in [5.74, 6) is -0.111. The molecule has 1 aromatic carbocycles. The normalized spacial score (nSPS) is 24.0. The van der Waals surface area contributed by atoms with Crippen LogP contribution >= 0.6 is 0 Å². The van der Waals surface area contributed by atoms with Gasteiger partial charge in [-0.25, -0.2) is 8.42 Å². The molecule has 0 bridgehead atoms. The lowest BCUT2D eigenvalue weighted by Gasteiger charge is -2.37. The molecule has 0 saturated carbocycles. The maximum atomic E-state index is 13.6. The van der Waals surface area contributed by atoms with Gasteiger partial charge in [0.1, 0.15) is 23.4 Å². The molecular weight excluding hydrogens is 444 g/mol. The second kappa shape index (κ2) is 11.0. The molecule has 1 aromatic rings. The van der Waals surface area contributed by atoms with Crippen molar-refractivity contribution >= 4 is 21.5 Å². The van der Waals surface area contributed by atoms with E-state index in [2.05, 4.69) is 6.08 Å². The molecule has 33 heavy (non-hydrogen) atoms. The van der Waals surface area contributed by atoms with Crippen LogP contribution in [0.3, 0.4) is 0 Å². The van der Waals surface area contributed by atoms with Gasteiger partial charge in [0.2, 0.25) is 15.9 Å². The molecule has 1 N–H and O–H groups in total. The molecule has 184 valence electrons. The van der Waals surface area contributed by atoms with Crippen LogP contribution in [0.5, 0.6) is 5.75 Å². The molecule has 0 saturated heterocycles. The first-order valence-corrected chi connectivity index (χ1v) is 13.0. The third-order valence-electron chi connectivity index (χ3n) is 6.48. The zero-order valence-corrected chi connectivity index (χ0v) is 20.8. The molecule has 0 unspecified atom stereocenters. The first kappa shape index (κ1) is 25.7. The Balaban J connectivity index is 2.05. The number of allylic oxidation sites excluding steroid dienone is 2. The van der Waals surface area contributed by atoms with Gasteiger partial charge in [0.15, 0.2) is 0 Å². The highest BCUT2D eigenvalue weighted by atomic mass is 32.2. The maximum absolute atomic E-state index is 13.6. The number of fused-ring (bicyclic) bond motifs is 1. The van der Waals surface area contributed by atoms with Crippen molar-refractivity contribution in [3.8, 4) is 5.75 Å². The van der Waals surface area contributed by atoms with E-state index in [0.717, 1.165) is 31.2 Å². The number of amides is 1. The third kappa shape index (κ3) is 5.77. The van der Waals surface area contributed by atoms with E-state index in [9.17, 15) is 18.3 Å². The molecule has 9 heteroatoms. The van der Waals surface area contributed by atoms with E-state index in [-0.39, 0.29) is 43.0 Å². The van der Waals surface area contributed by atoms with Crippen molar-refractivity contribution < 1.29 is 27.8 Å². The SMILES string of the molecule is COCC(=O)N(C)C[C@@H]1Oc2cc(C3=CCCCC3)ccc2S(=O)(=O)N([C@H](C)CO)C[C@H]1C. The fourth-order valence-corrected chi connectivity index (χ4v) is 6.17. The Morgan fingerprint density at radius 2 is 2.12 bits per heavy atom. The lowest BCUT2D eigenvalue weighted by atomic mass is 9.93. The van der Waals surface area contributed by atoms with Crippen molar-refractivity contribution in [3.63, 3.8) is 0 Å². The number of carbonyl (C=O) groups excluding carboxylic acids is 1. The average molecular weight is 481 g/mol. The molecule has 0 fully saturated rings. The number of benzene rings is 1. The fourth-order valence-electron chi connectivity index (χ4n) is 4.35. The van der Waals surface area contributed by atoms with E-state index in [0.29, 0.717) is 5.75 Å². The van der Waals surface area contributed by atoms with E-state index < -0.39 is 22.2 Å². The largest absolute Gasteiger partial charge is 0.487 e. The van der Waals surface area contributed by atoms with Crippen molar-refractivity contribution in [1.29, 1.82) is 0 Å². The summed E-state index contributed by atoms with van der Waals surface area (Å²) < 4.78 is 39.8. The van der Waals surface area contributed by atoms with Gasteiger partial charge in [-0.15, -0.1) is 0 Å². The van der Waals surface area contributed by atoms with E-state index in [4.69, 9.17) is 9.47 Å². The van der Waals surface area contributed by atoms with Crippen LogP contribution in [0.1, 0.15) is 45.1 Å². The van der Waals surface area contributed by atoms with Gasteiger partial charge in [-0.1, -0.05) is 19.1 Å². The summed E-state index contributed by atoms with van der Waals surface area (Å²) in [7, 11) is -0.727. The van der Waals surface area contributed by atoms with Crippen LogP contribution in [0.4, 0.5) is 0 Å². The fraction of sp³-hybridized carbons (Fsp3) is 0.625. The summed E-state index contributed by atoms with van der Waals surface area (Å²) in [5.41, 5.74) is 2.16. The zero-order valence-electron chi connectivity index (χ0n) is 20.0. The van der Waals surface area contributed by atoms with E-state index in [1.165, 1.54) is 17.0 Å². The molecule has 8 nitrogen and oxygen atoms in total. The van der Waals surface area contributed by atoms with Crippen LogP contribution in [-0.2, 0) is 19.6 Å². The van der Waals surface area contributed by atoms with Gasteiger partial charge in [-0.2, -0.15) is 4.31 Å². The number of hydrogen-bond acceptors (Lipinski definition) is 6. The first-order chi connectivity index (χ1) is 15.7. The second-order valence-corrected chi connectivity index (χ2v) is 10.9. The van der Waals surface area contributed by atoms with Gasteiger partial charge < -0.3 is 19.5 Å². The van der Waals surface area contributed by atoms with Crippen molar-refractivity contribution in [2.45, 2.75) is 56.6 Å². The van der Waals surface area contributed by atoms with Crippen LogP contribution in [0.2, 0.25) is 0 Å².